The van der Waals surface area contributed by atoms with Crippen LogP contribution in [0.15, 0.2) is 54.7 Å². The third-order valence-electron chi connectivity index (χ3n) is 5.65. The predicted molar refractivity (Wildman–Crippen MR) is 147 cm³/mol. The lowest BCUT2D eigenvalue weighted by molar-refractivity contribution is -0.119. The van der Waals surface area contributed by atoms with Gasteiger partial charge in [-0.3, -0.25) is 19.3 Å². The monoisotopic (exact) mass is 534 g/mol. The number of carbonyl (C=O) groups excluding carboxylic acids is 3. The molecule has 0 aliphatic carbocycles. The van der Waals surface area contributed by atoms with Crippen LogP contribution < -0.4 is 27.0 Å². The average molecular weight is 535 g/mol. The lowest BCUT2D eigenvalue weighted by Gasteiger charge is -2.21. The second kappa shape index (κ2) is 12.9. The van der Waals surface area contributed by atoms with E-state index in [2.05, 4.69) is 31.2 Å². The molecule has 4 amide bonds. The second-order valence-electron chi connectivity index (χ2n) is 8.54. The van der Waals surface area contributed by atoms with E-state index < -0.39 is 29.9 Å². The number of benzene rings is 2. The molecular weight excluding hydrogens is 504 g/mol. The first-order valence-corrected chi connectivity index (χ1v) is 12.0. The summed E-state index contributed by atoms with van der Waals surface area (Å²) in [5, 5.41) is 20.6. The van der Waals surface area contributed by atoms with Crippen molar-refractivity contribution in [3.05, 3.63) is 65.9 Å². The Labute approximate surface area is 224 Å². The molecule has 0 spiro atoms. The fourth-order valence-electron chi connectivity index (χ4n) is 3.29. The average Bonchev–Trinajstić information content (AvgIpc) is 2.91. The molecular formula is C26H30N8O5. The number of carboxylic acid groups (broad SMARTS) is 1. The zero-order valence-corrected chi connectivity index (χ0v) is 21.7. The van der Waals surface area contributed by atoms with Crippen LogP contribution in [0.4, 0.5) is 33.6 Å². The molecule has 13 nitrogen and oxygen atoms in total. The van der Waals surface area contributed by atoms with Crippen LogP contribution in [0.5, 0.6) is 0 Å². The molecule has 0 fully saturated rings. The molecule has 3 aromatic rings. The molecule has 204 valence electrons. The third-order valence-corrected chi connectivity index (χ3v) is 5.65. The molecule has 0 saturated carbocycles. The quantitative estimate of drug-likeness (QED) is 0.214. The van der Waals surface area contributed by atoms with Gasteiger partial charge in [-0.1, -0.05) is 13.0 Å². The Hall–Kier alpha value is -5.20. The predicted octanol–water partition coefficient (Wildman–Crippen LogP) is 3.33. The molecule has 0 aliphatic heterocycles. The minimum absolute atomic E-state index is 0.198. The highest BCUT2D eigenvalue weighted by atomic mass is 16.4. The van der Waals surface area contributed by atoms with Crippen LogP contribution in [0.25, 0.3) is 0 Å². The van der Waals surface area contributed by atoms with Gasteiger partial charge in [-0.05, 0) is 55.8 Å². The summed E-state index contributed by atoms with van der Waals surface area (Å²) in [5.41, 5.74) is 7.24. The number of carbonyl (C=O) groups is 4. The minimum atomic E-state index is -1.23. The molecule has 39 heavy (non-hydrogen) atoms. The maximum Gasteiger partial charge on any atom is 0.407 e. The van der Waals surface area contributed by atoms with Crippen molar-refractivity contribution in [2.24, 2.45) is 5.73 Å². The van der Waals surface area contributed by atoms with Gasteiger partial charge in [0, 0.05) is 42.4 Å². The van der Waals surface area contributed by atoms with Gasteiger partial charge in [0.15, 0.2) is 0 Å². The van der Waals surface area contributed by atoms with Crippen molar-refractivity contribution in [1.29, 1.82) is 0 Å². The van der Waals surface area contributed by atoms with E-state index in [1.807, 2.05) is 6.92 Å². The Kier molecular flexibility index (Phi) is 9.35. The molecule has 1 heterocycles. The van der Waals surface area contributed by atoms with Gasteiger partial charge in [0.05, 0.1) is 0 Å². The van der Waals surface area contributed by atoms with Gasteiger partial charge in [0.25, 0.3) is 5.91 Å². The number of hydrogen-bond donors (Lipinski definition) is 6. The van der Waals surface area contributed by atoms with Gasteiger partial charge >= 0.3 is 6.09 Å². The molecule has 1 unspecified atom stereocenters. The number of nitrogens with two attached hydrogens (primary N) is 1. The third kappa shape index (κ3) is 7.64. The van der Waals surface area contributed by atoms with Crippen molar-refractivity contribution >= 4 is 52.6 Å². The molecule has 7 N–H and O–H groups in total. The highest BCUT2D eigenvalue weighted by Crippen LogP contribution is 2.21. The first-order chi connectivity index (χ1) is 18.6. The van der Waals surface area contributed by atoms with Gasteiger partial charge in [-0.15, -0.1) is 0 Å². The Bertz CT molecular complexity index is 1360. The number of anilines is 5. The van der Waals surface area contributed by atoms with E-state index in [9.17, 15) is 19.2 Å². The smallest absolute Gasteiger partial charge is 0.407 e. The Morgan fingerprint density at radius 1 is 1.03 bits per heavy atom. The largest absolute Gasteiger partial charge is 0.465 e. The van der Waals surface area contributed by atoms with E-state index >= 15 is 0 Å². The molecule has 0 aliphatic rings. The number of rotatable bonds is 11. The van der Waals surface area contributed by atoms with Crippen molar-refractivity contribution in [3.8, 4) is 0 Å². The van der Waals surface area contributed by atoms with Crippen molar-refractivity contribution in [2.75, 3.05) is 34.9 Å². The molecule has 2 aromatic carbocycles. The zero-order chi connectivity index (χ0) is 28.5. The number of nitrogens with zero attached hydrogens (tertiary/aromatic N) is 3. The zero-order valence-electron chi connectivity index (χ0n) is 21.7. The van der Waals surface area contributed by atoms with Gasteiger partial charge < -0.3 is 32.1 Å². The van der Waals surface area contributed by atoms with Crippen LogP contribution in [0.2, 0.25) is 0 Å². The fraction of sp³-hybridized carbons (Fsp3) is 0.231. The maximum atomic E-state index is 13.1. The summed E-state index contributed by atoms with van der Waals surface area (Å²) in [4.78, 5) is 57.5. The maximum absolute atomic E-state index is 13.1. The summed E-state index contributed by atoms with van der Waals surface area (Å²) >= 11 is 0. The lowest BCUT2D eigenvalue weighted by atomic mass is 10.2. The van der Waals surface area contributed by atoms with Crippen molar-refractivity contribution in [3.63, 3.8) is 0 Å². The van der Waals surface area contributed by atoms with Crippen molar-refractivity contribution < 1.29 is 24.3 Å². The van der Waals surface area contributed by atoms with E-state index in [0.717, 1.165) is 11.3 Å². The fourth-order valence-corrected chi connectivity index (χ4v) is 3.29. The number of likely N-dealkylation sites (N-methyl/N-ethyl adjacent to an activating group) is 1. The van der Waals surface area contributed by atoms with Crippen molar-refractivity contribution in [1.82, 2.24) is 14.9 Å². The van der Waals surface area contributed by atoms with Crippen molar-refractivity contribution in [2.45, 2.75) is 26.3 Å². The first-order valence-electron chi connectivity index (χ1n) is 12.0. The highest BCUT2D eigenvalue weighted by molar-refractivity contribution is 6.07. The summed E-state index contributed by atoms with van der Waals surface area (Å²) in [7, 11) is 1.30. The van der Waals surface area contributed by atoms with Gasteiger partial charge in [0.2, 0.25) is 17.8 Å². The number of primary amides is 1. The first kappa shape index (κ1) is 28.4. The molecule has 13 heteroatoms. The number of amides is 4. The van der Waals surface area contributed by atoms with Gasteiger partial charge in [0.1, 0.15) is 17.4 Å². The topological polar surface area (TPSA) is 192 Å². The lowest BCUT2D eigenvalue weighted by Crippen LogP contribution is -2.42. The van der Waals surface area contributed by atoms with Crippen LogP contribution in [0, 0.1) is 0 Å². The van der Waals surface area contributed by atoms with E-state index in [0.29, 0.717) is 35.0 Å². The molecule has 3 rings (SSSR count). The number of aromatic nitrogens is 2. The normalized spacial score (nSPS) is 11.2. The SMILES string of the molecule is CCCNc1nc(Nc2ccc(C(N)=O)cc2)ncc1C(=O)Nc1cccc(NC(=O)C(C)N(C)C(=O)O)c1. The Morgan fingerprint density at radius 3 is 2.31 bits per heavy atom. The standard InChI is InChI=1S/C26H30N8O5/c1-4-12-28-22-20(14-29-25(33-22)32-17-10-8-16(9-11-17)21(27)35)24(37)31-19-7-5-6-18(13-19)30-23(36)15(2)34(3)26(38)39/h5-11,13-15H,4,12H2,1-3H3,(H2,27,35)(H,30,36)(H,31,37)(H,38,39)(H2,28,29,32,33). The molecule has 1 aromatic heterocycles. The number of nitrogens with one attached hydrogen (secondary N) is 4. The summed E-state index contributed by atoms with van der Waals surface area (Å²) < 4.78 is 0. The number of hydrogen-bond acceptors (Lipinski definition) is 8. The summed E-state index contributed by atoms with van der Waals surface area (Å²) in [6.07, 6.45) is 0.949. The summed E-state index contributed by atoms with van der Waals surface area (Å²) in [5.74, 6) is -0.978. The highest BCUT2D eigenvalue weighted by Gasteiger charge is 2.22. The van der Waals surface area contributed by atoms with E-state index in [-0.39, 0.29) is 11.5 Å². The molecule has 0 bridgehead atoms. The Morgan fingerprint density at radius 2 is 1.69 bits per heavy atom. The molecule has 0 saturated heterocycles. The molecule has 0 radical (unpaired) electrons. The Balaban J connectivity index is 1.75. The van der Waals surface area contributed by atoms with Gasteiger partial charge in [-0.2, -0.15) is 4.98 Å². The van der Waals surface area contributed by atoms with Crippen LogP contribution >= 0.6 is 0 Å². The van der Waals surface area contributed by atoms with Crippen LogP contribution in [-0.2, 0) is 4.79 Å². The van der Waals surface area contributed by atoms with E-state index in [4.69, 9.17) is 10.8 Å². The van der Waals surface area contributed by atoms with Gasteiger partial charge in [-0.25, -0.2) is 9.78 Å². The van der Waals surface area contributed by atoms with E-state index in [1.54, 1.807) is 48.5 Å². The van der Waals surface area contributed by atoms with Crippen LogP contribution in [0.3, 0.4) is 0 Å². The van der Waals surface area contributed by atoms with E-state index in [1.165, 1.54) is 20.2 Å². The minimum Gasteiger partial charge on any atom is -0.465 e. The summed E-state index contributed by atoms with van der Waals surface area (Å²) in [6.45, 7) is 4.01. The van der Waals surface area contributed by atoms with Crippen LogP contribution in [0.1, 0.15) is 41.0 Å². The molecule has 1 atom stereocenters. The van der Waals surface area contributed by atoms with Crippen LogP contribution in [-0.4, -0.2) is 63.4 Å². The second-order valence-corrected chi connectivity index (χ2v) is 8.54. The summed E-state index contributed by atoms with van der Waals surface area (Å²) in [6, 6.07) is 12.0.